The van der Waals surface area contributed by atoms with Crippen LogP contribution in [-0.2, 0) is 4.74 Å². The third-order valence-corrected chi connectivity index (χ3v) is 2.06. The predicted octanol–water partition coefficient (Wildman–Crippen LogP) is -0.235. The molecule has 1 rings (SSSR count). The number of ether oxygens (including phenoxy) is 1. The number of aliphatic hydroxyl groups excluding tert-OH is 2. The van der Waals surface area contributed by atoms with Crippen LogP contribution in [0.25, 0.3) is 0 Å². The van der Waals surface area contributed by atoms with E-state index in [4.69, 9.17) is 9.84 Å². The van der Waals surface area contributed by atoms with E-state index in [9.17, 15) is 5.11 Å². The van der Waals surface area contributed by atoms with Gasteiger partial charge in [-0.1, -0.05) is 0 Å². The van der Waals surface area contributed by atoms with Crippen molar-refractivity contribution in [3.63, 3.8) is 0 Å². The Bertz CT molecular complexity index is 122. The molecule has 0 unspecified atom stereocenters. The summed E-state index contributed by atoms with van der Waals surface area (Å²) in [4.78, 5) is 0. The van der Waals surface area contributed by atoms with Gasteiger partial charge in [-0.15, -0.1) is 0 Å². The van der Waals surface area contributed by atoms with E-state index in [0.717, 1.165) is 0 Å². The number of hydrogen-bond acceptors (Lipinski definition) is 3. The van der Waals surface area contributed by atoms with Crippen molar-refractivity contribution in [2.45, 2.75) is 25.6 Å². The summed E-state index contributed by atoms with van der Waals surface area (Å²) < 4.78 is 5.25. The van der Waals surface area contributed by atoms with E-state index in [1.54, 1.807) is 0 Å². The minimum Gasteiger partial charge on any atom is -0.396 e. The fourth-order valence-electron chi connectivity index (χ4n) is 1.22. The molecule has 1 heterocycles. The molecule has 1 aliphatic rings. The van der Waals surface area contributed by atoms with Crippen LogP contribution in [0.2, 0.25) is 0 Å². The van der Waals surface area contributed by atoms with Crippen LogP contribution >= 0.6 is 0 Å². The van der Waals surface area contributed by atoms with Crippen molar-refractivity contribution in [1.82, 2.24) is 0 Å². The van der Waals surface area contributed by atoms with E-state index in [2.05, 4.69) is 0 Å². The molecule has 0 saturated carbocycles. The fourth-order valence-corrected chi connectivity index (χ4v) is 1.22. The van der Waals surface area contributed by atoms with Gasteiger partial charge in [0.25, 0.3) is 0 Å². The van der Waals surface area contributed by atoms with Gasteiger partial charge in [-0.3, -0.25) is 0 Å². The first-order chi connectivity index (χ1) is 4.58. The van der Waals surface area contributed by atoms with E-state index < -0.39 is 11.7 Å². The summed E-state index contributed by atoms with van der Waals surface area (Å²) in [5.74, 6) is -0.102. The van der Waals surface area contributed by atoms with Crippen molar-refractivity contribution in [1.29, 1.82) is 0 Å². The highest BCUT2D eigenvalue weighted by atomic mass is 16.5. The lowest BCUT2D eigenvalue weighted by atomic mass is 9.95. The first-order valence-corrected chi connectivity index (χ1v) is 3.51. The first-order valence-electron chi connectivity index (χ1n) is 3.51. The Morgan fingerprint density at radius 1 is 1.60 bits per heavy atom. The Kier molecular flexibility index (Phi) is 1.99. The predicted molar refractivity (Wildman–Crippen MR) is 36.6 cm³/mol. The zero-order valence-corrected chi connectivity index (χ0v) is 6.37. The van der Waals surface area contributed by atoms with Crippen LogP contribution in [0.5, 0.6) is 0 Å². The van der Waals surface area contributed by atoms with Gasteiger partial charge in [-0.25, -0.2) is 0 Å². The summed E-state index contributed by atoms with van der Waals surface area (Å²) in [5, 5.41) is 18.2. The summed E-state index contributed by atoms with van der Waals surface area (Å²) in [6.45, 7) is 4.12. The number of aliphatic hydroxyl groups is 2. The average molecular weight is 146 g/mol. The highest BCUT2D eigenvalue weighted by Gasteiger charge is 2.41. The molecule has 0 aromatic carbocycles. The summed E-state index contributed by atoms with van der Waals surface area (Å²) in [6.07, 6.45) is -0.530. The van der Waals surface area contributed by atoms with Gasteiger partial charge in [0.1, 0.15) is 0 Å². The maximum absolute atomic E-state index is 9.43. The monoisotopic (exact) mass is 146 g/mol. The Hall–Kier alpha value is -0.120. The number of hydrogen-bond donors (Lipinski definition) is 2. The van der Waals surface area contributed by atoms with Crippen LogP contribution < -0.4 is 0 Å². The fraction of sp³-hybridized carbons (Fsp3) is 1.00. The maximum atomic E-state index is 9.43. The van der Waals surface area contributed by atoms with Crippen molar-refractivity contribution in [3.8, 4) is 0 Å². The molecule has 0 bridgehead atoms. The molecule has 1 aliphatic heterocycles. The van der Waals surface area contributed by atoms with Crippen LogP contribution in [-0.4, -0.2) is 35.1 Å². The van der Waals surface area contributed by atoms with Crippen molar-refractivity contribution in [2.24, 2.45) is 5.92 Å². The van der Waals surface area contributed by atoms with Crippen molar-refractivity contribution >= 4 is 0 Å². The minimum absolute atomic E-state index is 0.00456. The molecule has 60 valence electrons. The quantitative estimate of drug-likeness (QED) is 0.537. The summed E-state index contributed by atoms with van der Waals surface area (Å²) in [6, 6.07) is 0. The highest BCUT2D eigenvalue weighted by molar-refractivity contribution is 4.90. The molecule has 10 heavy (non-hydrogen) atoms. The molecule has 3 heteroatoms. The van der Waals surface area contributed by atoms with Crippen LogP contribution in [0.3, 0.4) is 0 Å². The van der Waals surface area contributed by atoms with E-state index in [-0.39, 0.29) is 12.5 Å². The van der Waals surface area contributed by atoms with Gasteiger partial charge in [0, 0.05) is 5.92 Å². The van der Waals surface area contributed by atoms with Crippen LogP contribution in [0.4, 0.5) is 0 Å². The standard InChI is InChI=1S/C7H14O3/c1-7(2)6(9)5(3-8)4-10-7/h5-6,8-9H,3-4H2,1-2H3/t5-,6+/m1/s1. The van der Waals surface area contributed by atoms with E-state index in [1.807, 2.05) is 13.8 Å². The largest absolute Gasteiger partial charge is 0.396 e. The van der Waals surface area contributed by atoms with Gasteiger partial charge in [0.05, 0.1) is 24.9 Å². The lowest BCUT2D eigenvalue weighted by Crippen LogP contribution is -2.36. The van der Waals surface area contributed by atoms with Gasteiger partial charge in [0.2, 0.25) is 0 Å². The molecule has 0 spiro atoms. The van der Waals surface area contributed by atoms with Crippen LogP contribution in [0.15, 0.2) is 0 Å². The van der Waals surface area contributed by atoms with E-state index in [1.165, 1.54) is 0 Å². The van der Waals surface area contributed by atoms with Crippen molar-refractivity contribution in [2.75, 3.05) is 13.2 Å². The van der Waals surface area contributed by atoms with Crippen LogP contribution in [0, 0.1) is 5.92 Å². The maximum Gasteiger partial charge on any atom is 0.0896 e. The second kappa shape index (κ2) is 2.49. The van der Waals surface area contributed by atoms with Crippen molar-refractivity contribution in [3.05, 3.63) is 0 Å². The minimum atomic E-state index is -0.530. The third kappa shape index (κ3) is 1.17. The molecular weight excluding hydrogens is 132 g/mol. The molecule has 0 aliphatic carbocycles. The molecule has 0 amide bonds. The lowest BCUT2D eigenvalue weighted by Gasteiger charge is -2.22. The van der Waals surface area contributed by atoms with Gasteiger partial charge >= 0.3 is 0 Å². The number of rotatable bonds is 1. The SMILES string of the molecule is CC1(C)OC[C@@H](CO)[C@@H]1O. The molecule has 1 fully saturated rings. The smallest absolute Gasteiger partial charge is 0.0896 e. The lowest BCUT2D eigenvalue weighted by molar-refractivity contribution is -0.0327. The van der Waals surface area contributed by atoms with Gasteiger partial charge in [0.15, 0.2) is 0 Å². The first kappa shape index (κ1) is 7.98. The second-order valence-electron chi connectivity index (χ2n) is 3.30. The van der Waals surface area contributed by atoms with Gasteiger partial charge < -0.3 is 14.9 Å². The third-order valence-electron chi connectivity index (χ3n) is 2.06. The Balaban J connectivity index is 2.58. The zero-order chi connectivity index (χ0) is 7.78. The molecule has 1 saturated heterocycles. The molecule has 0 aromatic heterocycles. The Morgan fingerprint density at radius 3 is 2.40 bits per heavy atom. The second-order valence-corrected chi connectivity index (χ2v) is 3.30. The average Bonchev–Trinajstić information content (AvgIpc) is 2.10. The molecule has 0 aromatic rings. The topological polar surface area (TPSA) is 49.7 Å². The molecule has 2 atom stereocenters. The Morgan fingerprint density at radius 2 is 2.20 bits per heavy atom. The van der Waals surface area contributed by atoms with E-state index in [0.29, 0.717) is 6.61 Å². The van der Waals surface area contributed by atoms with Crippen LogP contribution in [0.1, 0.15) is 13.8 Å². The molecule has 0 radical (unpaired) electrons. The normalized spacial score (nSPS) is 38.4. The summed E-state index contributed by atoms with van der Waals surface area (Å²) in [7, 11) is 0. The molecular formula is C7H14O3. The van der Waals surface area contributed by atoms with Crippen molar-refractivity contribution < 1.29 is 14.9 Å². The zero-order valence-electron chi connectivity index (χ0n) is 6.37. The molecule has 2 N–H and O–H groups in total. The Labute approximate surface area is 60.6 Å². The highest BCUT2D eigenvalue weighted by Crippen LogP contribution is 2.28. The summed E-state index contributed by atoms with van der Waals surface area (Å²) >= 11 is 0. The van der Waals surface area contributed by atoms with Gasteiger partial charge in [-0.2, -0.15) is 0 Å². The van der Waals surface area contributed by atoms with Gasteiger partial charge in [-0.05, 0) is 13.8 Å². The van der Waals surface area contributed by atoms with E-state index >= 15 is 0 Å². The molecule has 3 nitrogen and oxygen atoms in total. The summed E-state index contributed by atoms with van der Waals surface area (Å²) in [5.41, 5.74) is -0.479.